The molecular formula is C10H13N3O2. The molecule has 1 heterocycles. The average molecular weight is 207 g/mol. The zero-order valence-corrected chi connectivity index (χ0v) is 8.77. The Labute approximate surface area is 88.1 Å². The number of hydrogen-bond donors (Lipinski definition) is 1. The van der Waals surface area contributed by atoms with E-state index < -0.39 is 5.97 Å². The minimum atomic E-state index is -1.08. The highest BCUT2D eigenvalue weighted by atomic mass is 16.4. The second-order valence-corrected chi connectivity index (χ2v) is 3.38. The molecule has 0 aliphatic heterocycles. The lowest BCUT2D eigenvalue weighted by molar-refractivity contribution is 0.0690. The topological polar surface area (TPSA) is 66.3 Å². The maximum Gasteiger partial charge on any atom is 0.356 e. The number of carboxylic acid groups (broad SMARTS) is 1. The van der Waals surface area contributed by atoms with Crippen LogP contribution in [0.4, 0.5) is 5.82 Å². The zero-order valence-electron chi connectivity index (χ0n) is 8.77. The lowest BCUT2D eigenvalue weighted by atomic mass is 10.3. The van der Waals surface area contributed by atoms with E-state index in [4.69, 9.17) is 5.11 Å². The van der Waals surface area contributed by atoms with E-state index in [0.717, 1.165) is 5.57 Å². The van der Waals surface area contributed by atoms with Crippen molar-refractivity contribution in [1.29, 1.82) is 0 Å². The van der Waals surface area contributed by atoms with Gasteiger partial charge in [-0.25, -0.2) is 9.78 Å². The monoisotopic (exact) mass is 207 g/mol. The third kappa shape index (κ3) is 3.05. The fourth-order valence-electron chi connectivity index (χ4n) is 1.13. The molecule has 0 amide bonds. The third-order valence-corrected chi connectivity index (χ3v) is 1.74. The van der Waals surface area contributed by atoms with Gasteiger partial charge in [0.05, 0.1) is 12.4 Å². The highest BCUT2D eigenvalue weighted by molar-refractivity contribution is 5.85. The van der Waals surface area contributed by atoms with Crippen LogP contribution >= 0.6 is 0 Å². The van der Waals surface area contributed by atoms with Crippen LogP contribution in [-0.4, -0.2) is 34.6 Å². The summed E-state index contributed by atoms with van der Waals surface area (Å²) < 4.78 is 0. The molecule has 1 rings (SSSR count). The van der Waals surface area contributed by atoms with Gasteiger partial charge in [-0.2, -0.15) is 0 Å². The molecule has 5 heteroatoms. The molecule has 80 valence electrons. The zero-order chi connectivity index (χ0) is 11.4. The maximum atomic E-state index is 10.7. The Kier molecular flexibility index (Phi) is 3.38. The van der Waals surface area contributed by atoms with Crippen LogP contribution < -0.4 is 4.90 Å². The van der Waals surface area contributed by atoms with Crippen LogP contribution in [0.2, 0.25) is 0 Å². The van der Waals surface area contributed by atoms with Crippen molar-refractivity contribution in [3.8, 4) is 0 Å². The van der Waals surface area contributed by atoms with Crippen molar-refractivity contribution in [2.45, 2.75) is 6.92 Å². The summed E-state index contributed by atoms with van der Waals surface area (Å²) in [4.78, 5) is 20.2. The number of nitrogens with zero attached hydrogens (tertiary/aromatic N) is 3. The molecule has 0 saturated heterocycles. The number of hydrogen-bond acceptors (Lipinski definition) is 4. The fraction of sp³-hybridized carbons (Fsp3) is 0.300. The summed E-state index contributed by atoms with van der Waals surface area (Å²) in [5, 5.41) is 8.73. The Hall–Kier alpha value is -1.91. The minimum absolute atomic E-state index is 0.0546. The largest absolute Gasteiger partial charge is 0.476 e. The van der Waals surface area contributed by atoms with Gasteiger partial charge in [0.1, 0.15) is 5.82 Å². The highest BCUT2D eigenvalue weighted by Crippen LogP contribution is 2.08. The molecular weight excluding hydrogens is 194 g/mol. The van der Waals surface area contributed by atoms with Gasteiger partial charge in [0.25, 0.3) is 0 Å². The molecule has 0 spiro atoms. The molecule has 0 atom stereocenters. The molecule has 1 aromatic rings. The minimum Gasteiger partial charge on any atom is -0.476 e. The van der Waals surface area contributed by atoms with Gasteiger partial charge in [0.15, 0.2) is 5.69 Å². The molecule has 1 aromatic heterocycles. The van der Waals surface area contributed by atoms with Crippen molar-refractivity contribution < 1.29 is 9.90 Å². The van der Waals surface area contributed by atoms with Gasteiger partial charge in [0, 0.05) is 13.6 Å². The summed E-state index contributed by atoms with van der Waals surface area (Å²) >= 11 is 0. The number of rotatable bonds is 4. The third-order valence-electron chi connectivity index (χ3n) is 1.74. The molecule has 0 unspecified atom stereocenters. The van der Waals surface area contributed by atoms with Gasteiger partial charge in [0.2, 0.25) is 0 Å². The number of aromatic nitrogens is 2. The molecule has 0 saturated carbocycles. The first-order valence-electron chi connectivity index (χ1n) is 4.41. The van der Waals surface area contributed by atoms with Gasteiger partial charge in [-0.1, -0.05) is 12.2 Å². The van der Waals surface area contributed by atoms with E-state index >= 15 is 0 Å². The SMILES string of the molecule is C=C(C)CN(C)c1cncc(C(=O)O)n1. The number of likely N-dealkylation sites (N-methyl/N-ethyl adjacent to an activating group) is 1. The molecule has 0 radical (unpaired) electrons. The molecule has 0 fully saturated rings. The average Bonchev–Trinajstić information content (AvgIpc) is 2.17. The van der Waals surface area contributed by atoms with Crippen molar-refractivity contribution in [2.75, 3.05) is 18.5 Å². The van der Waals surface area contributed by atoms with Gasteiger partial charge in [-0.3, -0.25) is 4.98 Å². The Morgan fingerprint density at radius 3 is 2.80 bits per heavy atom. The van der Waals surface area contributed by atoms with Crippen LogP contribution in [0.25, 0.3) is 0 Å². The lowest BCUT2D eigenvalue weighted by Gasteiger charge is -2.17. The number of carbonyl (C=O) groups is 1. The van der Waals surface area contributed by atoms with Gasteiger partial charge in [-0.15, -0.1) is 0 Å². The van der Waals surface area contributed by atoms with E-state index in [0.29, 0.717) is 12.4 Å². The van der Waals surface area contributed by atoms with Gasteiger partial charge >= 0.3 is 5.97 Å². The van der Waals surface area contributed by atoms with Crippen LogP contribution in [0.1, 0.15) is 17.4 Å². The van der Waals surface area contributed by atoms with Gasteiger partial charge < -0.3 is 10.0 Å². The second-order valence-electron chi connectivity index (χ2n) is 3.38. The fourth-order valence-corrected chi connectivity index (χ4v) is 1.13. The summed E-state index contributed by atoms with van der Waals surface area (Å²) in [7, 11) is 1.81. The molecule has 15 heavy (non-hydrogen) atoms. The standard InChI is InChI=1S/C10H13N3O2/c1-7(2)6-13(3)9-5-11-4-8(12-9)10(14)15/h4-5H,1,6H2,2-3H3,(H,14,15). The maximum absolute atomic E-state index is 10.7. The van der Waals surface area contributed by atoms with Crippen molar-refractivity contribution in [3.05, 3.63) is 30.2 Å². The summed E-state index contributed by atoms with van der Waals surface area (Å²) in [6.07, 6.45) is 2.75. The van der Waals surface area contributed by atoms with E-state index in [1.54, 1.807) is 4.90 Å². The summed E-state index contributed by atoms with van der Waals surface area (Å²) in [5.41, 5.74) is 0.918. The Bertz CT molecular complexity index is 390. The Morgan fingerprint density at radius 2 is 2.27 bits per heavy atom. The van der Waals surface area contributed by atoms with Crippen LogP contribution in [0.5, 0.6) is 0 Å². The number of aromatic carboxylic acids is 1. The molecule has 0 aliphatic carbocycles. The lowest BCUT2D eigenvalue weighted by Crippen LogP contribution is -2.21. The van der Waals surface area contributed by atoms with E-state index in [1.807, 2.05) is 14.0 Å². The van der Waals surface area contributed by atoms with E-state index in [9.17, 15) is 4.79 Å². The van der Waals surface area contributed by atoms with E-state index in [-0.39, 0.29) is 5.69 Å². The predicted octanol–water partition coefficient (Wildman–Crippen LogP) is 1.19. The highest BCUT2D eigenvalue weighted by Gasteiger charge is 2.08. The molecule has 0 bridgehead atoms. The van der Waals surface area contributed by atoms with Crippen LogP contribution in [0, 0.1) is 0 Å². The van der Waals surface area contributed by atoms with E-state index in [1.165, 1.54) is 12.4 Å². The van der Waals surface area contributed by atoms with Crippen molar-refractivity contribution in [1.82, 2.24) is 9.97 Å². The van der Waals surface area contributed by atoms with Crippen molar-refractivity contribution in [2.24, 2.45) is 0 Å². The Morgan fingerprint density at radius 1 is 1.60 bits per heavy atom. The first kappa shape index (κ1) is 11.2. The second kappa shape index (κ2) is 4.54. The molecule has 5 nitrogen and oxygen atoms in total. The van der Waals surface area contributed by atoms with Crippen LogP contribution in [-0.2, 0) is 0 Å². The molecule has 0 aliphatic rings. The summed E-state index contributed by atoms with van der Waals surface area (Å²) in [5.74, 6) is -0.550. The van der Waals surface area contributed by atoms with E-state index in [2.05, 4.69) is 16.5 Å². The number of anilines is 1. The normalized spacial score (nSPS) is 9.73. The summed E-state index contributed by atoms with van der Waals surface area (Å²) in [6, 6.07) is 0. The van der Waals surface area contributed by atoms with Crippen molar-refractivity contribution in [3.63, 3.8) is 0 Å². The van der Waals surface area contributed by atoms with Gasteiger partial charge in [-0.05, 0) is 6.92 Å². The first-order chi connectivity index (χ1) is 7.00. The predicted molar refractivity (Wildman–Crippen MR) is 57.1 cm³/mol. The Balaban J connectivity index is 2.89. The quantitative estimate of drug-likeness (QED) is 0.751. The molecule has 1 N–H and O–H groups in total. The van der Waals surface area contributed by atoms with Crippen LogP contribution in [0.15, 0.2) is 24.5 Å². The van der Waals surface area contributed by atoms with Crippen LogP contribution in [0.3, 0.4) is 0 Å². The smallest absolute Gasteiger partial charge is 0.356 e. The first-order valence-corrected chi connectivity index (χ1v) is 4.41. The van der Waals surface area contributed by atoms with Crippen molar-refractivity contribution >= 4 is 11.8 Å². The molecule has 0 aromatic carbocycles. The number of carboxylic acids is 1. The summed E-state index contributed by atoms with van der Waals surface area (Å²) in [6.45, 7) is 6.29.